The Hall–Kier alpha value is -9.64. The second-order valence-electron chi connectivity index (χ2n) is 23.3. The van der Waals surface area contributed by atoms with E-state index in [1.165, 1.54) is 156 Å². The van der Waals surface area contributed by atoms with Crippen LogP contribution in [0.1, 0.15) is 233 Å². The summed E-state index contributed by atoms with van der Waals surface area (Å²) in [4.78, 5) is 0. The van der Waals surface area contributed by atoms with Gasteiger partial charge in [0.15, 0.2) is 24.8 Å². The van der Waals surface area contributed by atoms with E-state index in [0.717, 1.165) is 25.7 Å². The number of benzene rings is 8. The van der Waals surface area contributed by atoms with Gasteiger partial charge < -0.3 is 0 Å². The minimum atomic E-state index is 1.04. The Labute approximate surface area is 661 Å². The van der Waals surface area contributed by atoms with Crippen LogP contribution in [0.2, 0.25) is 0 Å². The minimum Gasteiger partial charge on any atom is -0.201 e. The minimum absolute atomic E-state index is 1.04. The Balaban J connectivity index is 0.000000657. The highest BCUT2D eigenvalue weighted by Crippen LogP contribution is 2.46. The summed E-state index contributed by atoms with van der Waals surface area (Å²) in [6, 6.07) is 79.2. The molecule has 108 heavy (non-hydrogen) atoms. The lowest BCUT2D eigenvalue weighted by molar-refractivity contribution is -0.660. The Morgan fingerprint density at radius 1 is 0.185 bits per heavy atom. The zero-order valence-electron chi connectivity index (χ0n) is 73.7. The SMILES string of the molecule is CC.CC.CC.CC.CC.CC.CC.CC.CC.CC.CC.CC.Cc1cc2c(cc1-c1cccc[n+]1C)-c1ccccc1C2.Cc1cc2c(cc1-c1cccc[n+]1C)Cc1ccccc1-2.Cc1ccc2c(c1-c1cccc[n+]1C)-c1ccccc1C2.Cc1ccc2c(c1-c1cccc[n+]1C)Cc1ccccc1-2. The maximum absolute atomic E-state index is 2.38. The molecule has 4 aliphatic carbocycles. The van der Waals surface area contributed by atoms with Crippen molar-refractivity contribution in [2.75, 3.05) is 0 Å². The highest BCUT2D eigenvalue weighted by Gasteiger charge is 2.29. The van der Waals surface area contributed by atoms with Gasteiger partial charge in [0.05, 0.1) is 11.1 Å². The molecule has 8 aromatic carbocycles. The van der Waals surface area contributed by atoms with Crippen LogP contribution in [0.5, 0.6) is 0 Å². The Kier molecular flexibility index (Phi) is 47.5. The van der Waals surface area contributed by atoms with Crippen LogP contribution in [0.15, 0.2) is 243 Å². The lowest BCUT2D eigenvalue weighted by Gasteiger charge is -2.11. The van der Waals surface area contributed by atoms with Crippen LogP contribution in [-0.2, 0) is 53.9 Å². The lowest BCUT2D eigenvalue weighted by Crippen LogP contribution is -2.30. The van der Waals surface area contributed by atoms with Crippen molar-refractivity contribution in [1.29, 1.82) is 0 Å². The van der Waals surface area contributed by atoms with E-state index < -0.39 is 0 Å². The van der Waals surface area contributed by atoms with Crippen LogP contribution in [0, 0.1) is 27.7 Å². The molecule has 0 aliphatic heterocycles. The fraction of sp³-hybridized carbons (Fsp3) is 0.346. The van der Waals surface area contributed by atoms with Gasteiger partial charge in [0.25, 0.3) is 0 Å². The molecule has 0 bridgehead atoms. The first-order chi connectivity index (χ1) is 53.0. The quantitative estimate of drug-likeness (QED) is 0.156. The van der Waals surface area contributed by atoms with Crippen molar-refractivity contribution >= 4 is 0 Å². The molecule has 0 unspecified atom stereocenters. The van der Waals surface area contributed by atoms with Crippen molar-refractivity contribution in [3.05, 3.63) is 310 Å². The largest absolute Gasteiger partial charge is 0.213 e. The number of nitrogens with zero attached hydrogens (tertiary/aromatic N) is 4. The molecule has 4 heteroatoms. The second kappa shape index (κ2) is 53.2. The van der Waals surface area contributed by atoms with Gasteiger partial charge in [0.1, 0.15) is 28.2 Å². The van der Waals surface area contributed by atoms with Crippen molar-refractivity contribution < 1.29 is 18.3 Å². The van der Waals surface area contributed by atoms with Crippen molar-refractivity contribution in [3.63, 3.8) is 0 Å². The molecule has 0 atom stereocenters. The van der Waals surface area contributed by atoms with Gasteiger partial charge in [-0.3, -0.25) is 0 Å². The number of aryl methyl sites for hydroxylation is 8. The molecular formula is C104H144N4+4. The first-order valence-corrected chi connectivity index (χ1v) is 41.6. The predicted molar refractivity (Wildman–Crippen MR) is 480 cm³/mol. The topological polar surface area (TPSA) is 15.5 Å². The molecule has 0 saturated heterocycles. The van der Waals surface area contributed by atoms with Crippen molar-refractivity contribution in [2.45, 2.75) is 220 Å². The molecular weight excluding hydrogens is 1310 g/mol. The molecule has 0 amide bonds. The molecule has 576 valence electrons. The zero-order chi connectivity index (χ0) is 81.6. The van der Waals surface area contributed by atoms with Crippen LogP contribution in [0.4, 0.5) is 0 Å². The summed E-state index contributed by atoms with van der Waals surface area (Å²) in [5.41, 5.74) is 38.7. The third-order valence-electron chi connectivity index (χ3n) is 17.9. The van der Waals surface area contributed by atoms with Crippen molar-refractivity contribution in [3.8, 4) is 89.5 Å². The lowest BCUT2D eigenvalue weighted by atomic mass is 9.93. The number of pyridine rings is 4. The third-order valence-corrected chi connectivity index (χ3v) is 17.9. The Bertz CT molecular complexity index is 4530. The first kappa shape index (κ1) is 96.4. The molecule has 4 nitrogen and oxygen atoms in total. The molecule has 4 aromatic heterocycles. The van der Waals surface area contributed by atoms with Gasteiger partial charge in [-0.25, -0.2) is 18.3 Å². The second-order valence-corrected chi connectivity index (χ2v) is 23.3. The summed E-state index contributed by atoms with van der Waals surface area (Å²) >= 11 is 0. The number of hydrogen-bond donors (Lipinski definition) is 0. The summed E-state index contributed by atoms with van der Waals surface area (Å²) in [6.45, 7) is 56.9. The Morgan fingerprint density at radius 2 is 0.481 bits per heavy atom. The zero-order valence-corrected chi connectivity index (χ0v) is 73.7. The van der Waals surface area contributed by atoms with E-state index >= 15 is 0 Å². The summed E-state index contributed by atoms with van der Waals surface area (Å²) in [5, 5.41) is 0. The average Bonchev–Trinajstić information content (AvgIpc) is 1.65. The number of fused-ring (bicyclic) bond motifs is 12. The van der Waals surface area contributed by atoms with Crippen molar-refractivity contribution in [2.24, 2.45) is 28.2 Å². The van der Waals surface area contributed by atoms with E-state index in [4.69, 9.17) is 0 Å². The van der Waals surface area contributed by atoms with Gasteiger partial charge in [0.2, 0.25) is 22.8 Å². The predicted octanol–water partition coefficient (Wildman–Crippen LogP) is 28.5. The van der Waals surface area contributed by atoms with E-state index in [-0.39, 0.29) is 0 Å². The molecule has 16 rings (SSSR count). The average molecular weight is 1450 g/mol. The monoisotopic (exact) mass is 1450 g/mol. The van der Waals surface area contributed by atoms with Gasteiger partial charge in [0, 0.05) is 59.7 Å². The van der Waals surface area contributed by atoms with E-state index in [0.29, 0.717) is 0 Å². The van der Waals surface area contributed by atoms with Gasteiger partial charge in [-0.05, 0) is 201 Å². The molecule has 0 saturated carbocycles. The molecule has 0 fully saturated rings. The smallest absolute Gasteiger partial charge is 0.201 e. The van der Waals surface area contributed by atoms with Crippen LogP contribution >= 0.6 is 0 Å². The Morgan fingerprint density at radius 3 is 0.907 bits per heavy atom. The number of hydrogen-bond acceptors (Lipinski definition) is 0. The highest BCUT2D eigenvalue weighted by molar-refractivity contribution is 5.91. The summed E-state index contributed by atoms with van der Waals surface area (Å²) in [6.07, 6.45) is 12.7. The molecule has 4 heterocycles. The van der Waals surface area contributed by atoms with Crippen LogP contribution in [-0.4, -0.2) is 0 Å². The van der Waals surface area contributed by atoms with E-state index in [1.807, 2.05) is 166 Å². The fourth-order valence-corrected chi connectivity index (χ4v) is 13.7. The standard InChI is InChI=1S/4C20H18N.12C2H6/c1-14-10-11-16-13-15-7-3-4-8-17(15)20(16)19(14)18-9-5-6-12-21(18)2;1-14-10-11-17-16-8-4-3-7-15(16)13-18(17)20(14)19-9-5-6-12-21(19)2;1-14-11-19-16(12-15-7-3-4-8-17(15)19)13-18(14)20-9-5-6-10-21(20)2;1-14-11-16-12-15-7-3-4-8-17(15)19(16)13-18(14)20-9-5-6-10-21(20)2;12*1-2/h2*3-12H,13H2,1-2H3;2*3-11,13H,12H2,1-2H3;12*1-2H3/q4*+1;;;;;;;;;;;;. The van der Waals surface area contributed by atoms with E-state index in [1.54, 1.807) is 0 Å². The summed E-state index contributed by atoms with van der Waals surface area (Å²) < 4.78 is 8.81. The van der Waals surface area contributed by atoms with Crippen LogP contribution < -0.4 is 18.3 Å². The summed E-state index contributed by atoms with van der Waals surface area (Å²) in [7, 11) is 8.46. The highest BCUT2D eigenvalue weighted by atomic mass is 14.9. The van der Waals surface area contributed by atoms with Gasteiger partial charge in [-0.2, -0.15) is 0 Å². The molecule has 0 spiro atoms. The van der Waals surface area contributed by atoms with E-state index in [9.17, 15) is 0 Å². The fourth-order valence-electron chi connectivity index (χ4n) is 13.7. The summed E-state index contributed by atoms with van der Waals surface area (Å²) in [5.74, 6) is 0. The van der Waals surface area contributed by atoms with Crippen molar-refractivity contribution in [1.82, 2.24) is 0 Å². The number of aromatic nitrogens is 4. The van der Waals surface area contributed by atoms with Crippen LogP contribution in [0.3, 0.4) is 0 Å². The van der Waals surface area contributed by atoms with Gasteiger partial charge >= 0.3 is 0 Å². The third kappa shape index (κ3) is 23.7. The molecule has 0 N–H and O–H groups in total. The normalized spacial score (nSPS) is 10.1. The molecule has 12 aromatic rings. The molecule has 4 aliphatic rings. The van der Waals surface area contributed by atoms with Gasteiger partial charge in [-0.1, -0.05) is 300 Å². The number of rotatable bonds is 4. The molecule has 0 radical (unpaired) electrons. The first-order valence-electron chi connectivity index (χ1n) is 41.6. The maximum atomic E-state index is 2.38. The van der Waals surface area contributed by atoms with Gasteiger partial charge in [-0.15, -0.1) is 0 Å². The maximum Gasteiger partial charge on any atom is 0.213 e. The van der Waals surface area contributed by atoms with Crippen LogP contribution in [0.25, 0.3) is 89.5 Å². The van der Waals surface area contributed by atoms with E-state index in [2.05, 4.69) is 317 Å².